The number of guanidine groups is 1. The molecule has 37 heteroatoms. The van der Waals surface area contributed by atoms with Crippen molar-refractivity contribution in [1.82, 2.24) is 79.1 Å². The molecule has 3 heterocycles. The number of carbonyl (C=O) groups excluding carboxylic acids is 13. The molecule has 1 saturated heterocycles. The molecule has 7 rings (SSSR count). The number of hydrogen-bond acceptors (Lipinski definition) is 18. The topological polar surface area (TPSA) is 586 Å². The van der Waals surface area contributed by atoms with E-state index in [0.717, 1.165) is 10.8 Å². The van der Waals surface area contributed by atoms with Crippen LogP contribution in [0.2, 0.25) is 0 Å². The SMILES string of the molecule is CCCC[C@H]1NC(=O)[C@H](Cc2c[nH]c3ccccc23)NC(=O)[C@H](CC(=O)O)NC(=O)[C@H](CCCNC(=N)N)NC(=O)CNC(=O)[C@H](CO)NC(=O)[C@H]([C@@H](C)CC)NC(=O)[C@@H](Cc2ccc3ccccc3c2)NC(=O)CS(=O)C[C@@H](C(N)=O)NC(=O)[C@H](C(C)C)NC(=O)[C@H](Cc2c[nH]c3ccccc23)NC(=O)[C@H](CCCCN)NC1=O. The van der Waals surface area contributed by atoms with Gasteiger partial charge in [0.05, 0.1) is 25.3 Å². The Morgan fingerprint density at radius 3 is 1.56 bits per heavy atom. The Morgan fingerprint density at radius 2 is 1.01 bits per heavy atom. The molecule has 0 radical (unpaired) electrons. The third-order valence-electron chi connectivity index (χ3n) is 19.7. The van der Waals surface area contributed by atoms with Gasteiger partial charge in [0.2, 0.25) is 76.8 Å². The zero-order valence-corrected chi connectivity index (χ0v) is 65.7. The van der Waals surface area contributed by atoms with Crippen LogP contribution in [0.1, 0.15) is 116 Å². The molecular formula is C78H107N19O17S. The van der Waals surface area contributed by atoms with Gasteiger partial charge in [-0.05, 0) is 96.5 Å². The maximum atomic E-state index is 15.1. The highest BCUT2D eigenvalue weighted by Gasteiger charge is 2.39. The summed E-state index contributed by atoms with van der Waals surface area (Å²) < 4.78 is 14.1. The number of H-pyrrole nitrogens is 2. The second-order valence-corrected chi connectivity index (χ2v) is 30.3. The molecular weight excluding hydrogens is 1510 g/mol. The lowest BCUT2D eigenvalue weighted by Gasteiger charge is -2.29. The number of benzene rings is 4. The van der Waals surface area contributed by atoms with Crippen LogP contribution in [0.5, 0.6) is 0 Å². The lowest BCUT2D eigenvalue weighted by atomic mass is 9.96. The average Bonchev–Trinajstić information content (AvgIpc) is 1.70. The normalized spacial score (nSPS) is 23.5. The highest BCUT2D eigenvalue weighted by Crippen LogP contribution is 2.23. The lowest BCUT2D eigenvalue weighted by Crippen LogP contribution is -2.61. The van der Waals surface area contributed by atoms with Crippen molar-refractivity contribution in [3.05, 3.63) is 120 Å². The number of aromatic nitrogens is 2. The van der Waals surface area contributed by atoms with Gasteiger partial charge < -0.3 is 107 Å². The first-order valence-electron chi connectivity index (χ1n) is 38.3. The summed E-state index contributed by atoms with van der Waals surface area (Å²) in [5, 5.41) is 64.6. The zero-order valence-electron chi connectivity index (χ0n) is 64.9. The Morgan fingerprint density at radius 1 is 0.530 bits per heavy atom. The number of nitrogens with one attached hydrogen (secondary N) is 16. The van der Waals surface area contributed by atoms with Crippen molar-refractivity contribution < 1.29 is 81.5 Å². The van der Waals surface area contributed by atoms with Crippen LogP contribution in [0.4, 0.5) is 0 Å². The quantitative estimate of drug-likeness (QED) is 0.0182. The first-order valence-corrected chi connectivity index (χ1v) is 39.8. The zero-order chi connectivity index (χ0) is 84.0. The highest BCUT2D eigenvalue weighted by molar-refractivity contribution is 7.85. The van der Waals surface area contributed by atoms with Crippen molar-refractivity contribution in [2.75, 3.05) is 37.7 Å². The maximum Gasteiger partial charge on any atom is 0.305 e. The number of para-hydroxylation sites is 2. The van der Waals surface area contributed by atoms with Gasteiger partial charge in [-0.15, -0.1) is 0 Å². The van der Waals surface area contributed by atoms with E-state index in [1.165, 1.54) is 0 Å². The van der Waals surface area contributed by atoms with E-state index in [9.17, 15) is 67.2 Å². The molecule has 1 aliphatic heterocycles. The molecule has 622 valence electrons. The van der Waals surface area contributed by atoms with Crippen molar-refractivity contribution in [3.8, 4) is 0 Å². The number of amides is 13. The van der Waals surface area contributed by atoms with Crippen molar-refractivity contribution in [2.24, 2.45) is 29.0 Å². The van der Waals surface area contributed by atoms with Crippen molar-refractivity contribution >= 4 is 132 Å². The maximum absolute atomic E-state index is 15.1. The molecule has 1 unspecified atom stereocenters. The predicted molar refractivity (Wildman–Crippen MR) is 428 cm³/mol. The van der Waals surface area contributed by atoms with E-state index in [-0.39, 0.29) is 70.9 Å². The number of fused-ring (bicyclic) bond motifs is 3. The molecule has 0 saturated carbocycles. The van der Waals surface area contributed by atoms with Gasteiger partial charge in [0.15, 0.2) is 5.96 Å². The van der Waals surface area contributed by atoms with Gasteiger partial charge in [0, 0.05) is 70.8 Å². The van der Waals surface area contributed by atoms with Gasteiger partial charge >= 0.3 is 5.97 Å². The fraction of sp³-hybridized carbons (Fsp3) is 0.474. The van der Waals surface area contributed by atoms with Crippen LogP contribution < -0.4 is 86.3 Å². The Labute approximate surface area is 666 Å². The predicted octanol–water partition coefficient (Wildman–Crippen LogP) is -1.72. The molecule has 13 atom stereocenters. The highest BCUT2D eigenvalue weighted by atomic mass is 32.2. The Kier molecular flexibility index (Phi) is 35.0. The second kappa shape index (κ2) is 44.6. The number of carboxylic acid groups (broad SMARTS) is 1. The van der Waals surface area contributed by atoms with Gasteiger partial charge in [-0.1, -0.05) is 133 Å². The molecule has 24 N–H and O–H groups in total. The summed E-state index contributed by atoms with van der Waals surface area (Å²) in [6.07, 6.45) is 2.55. The number of aromatic amines is 2. The number of unbranched alkanes of at least 4 members (excludes halogenated alkanes) is 2. The molecule has 36 nitrogen and oxygen atoms in total. The van der Waals surface area contributed by atoms with E-state index in [4.69, 9.17) is 22.6 Å². The standard InChI is InChI=1S/C78H107N19O17S/c1-6-8-22-54-70(106)89-55(25-15-16-29-79)71(107)91-58(34-48-37-85-52-24-14-12-21-50(48)52)75(111)96-65(42(3)4)76(112)95-61(67(80)103)40-115(114)41-63(100)88-56(32-44-27-28-45-18-9-10-19-46(45)31-44)74(110)97-66(43(5)7-2)77(113)94-60(39-98)68(104)86-38-62(99)87-53(26-17-30-83-78(81)82)69(105)93-59(35-64(101)102)73(109)92-57(72(108)90-54)33-47-36-84-51-23-13-11-20-49(47)51/h9-14,18-21,23-24,27-28,31,36-37,42-43,53-61,65-66,84-85,98H,6-8,15-17,22,25-26,29-30,32-35,38-41,79H2,1-5H3,(H2,80,103)(H,86,104)(H,87,99)(H,88,100)(H,89,106)(H,90,108)(H,91,107)(H,92,109)(H,93,105)(H,94,113)(H,95,112)(H,96,111)(H,97,110)(H,101,102)(H4,81,82,83)/t43-,53-,54+,55-,56+,57-,58-,59-,60-,61-,65-,66-,115?/m0/s1. The Bertz CT molecular complexity index is 4490. The van der Waals surface area contributed by atoms with Crippen LogP contribution in [0, 0.1) is 17.2 Å². The number of carbonyl (C=O) groups is 14. The summed E-state index contributed by atoms with van der Waals surface area (Å²) in [6.45, 7) is 6.36. The summed E-state index contributed by atoms with van der Waals surface area (Å²) in [7, 11) is -2.35. The summed E-state index contributed by atoms with van der Waals surface area (Å²) in [6, 6.07) is 8.75. The van der Waals surface area contributed by atoms with Crippen LogP contribution in [0.15, 0.2) is 103 Å². The van der Waals surface area contributed by atoms with E-state index in [0.29, 0.717) is 57.8 Å². The van der Waals surface area contributed by atoms with E-state index in [1.54, 1.807) is 113 Å². The monoisotopic (exact) mass is 1610 g/mol. The van der Waals surface area contributed by atoms with Crippen LogP contribution in [0.25, 0.3) is 32.6 Å². The number of nitrogens with two attached hydrogens (primary N) is 3. The minimum atomic E-state index is -2.35. The fourth-order valence-electron chi connectivity index (χ4n) is 13.1. The molecule has 13 amide bonds. The van der Waals surface area contributed by atoms with Crippen LogP contribution >= 0.6 is 0 Å². The number of aliphatic hydroxyl groups excluding tert-OH is 1. The summed E-state index contributed by atoms with van der Waals surface area (Å²) in [4.78, 5) is 207. The number of hydrogen-bond donors (Lipinski definition) is 21. The Balaban J connectivity index is 1.28. The van der Waals surface area contributed by atoms with E-state index in [1.807, 2.05) is 25.1 Å². The van der Waals surface area contributed by atoms with Crippen LogP contribution in [-0.2, 0) is 97.2 Å². The summed E-state index contributed by atoms with van der Waals surface area (Å²) >= 11 is 0. The number of carboxylic acids is 1. The number of rotatable bonds is 24. The molecule has 0 aliphatic carbocycles. The molecule has 2 aromatic heterocycles. The number of aliphatic carboxylic acids is 1. The summed E-state index contributed by atoms with van der Waals surface area (Å²) in [5.41, 5.74) is 20.1. The molecule has 0 spiro atoms. The molecule has 115 heavy (non-hydrogen) atoms. The van der Waals surface area contributed by atoms with Gasteiger partial charge in [-0.2, -0.15) is 0 Å². The van der Waals surface area contributed by atoms with Crippen molar-refractivity contribution in [3.63, 3.8) is 0 Å². The van der Waals surface area contributed by atoms with E-state index < -0.39 is 209 Å². The smallest absolute Gasteiger partial charge is 0.305 e. The minimum absolute atomic E-state index is 0.00891. The van der Waals surface area contributed by atoms with Gasteiger partial charge in [0.1, 0.15) is 72.2 Å². The largest absolute Gasteiger partial charge is 0.481 e. The first-order chi connectivity index (χ1) is 54.9. The van der Waals surface area contributed by atoms with Gasteiger partial charge in [0.25, 0.3) is 0 Å². The molecule has 0 bridgehead atoms. The van der Waals surface area contributed by atoms with Crippen LogP contribution in [0.3, 0.4) is 0 Å². The summed E-state index contributed by atoms with van der Waals surface area (Å²) in [5.74, 6) is -18.6. The Hall–Kier alpha value is -11.9. The average molecular weight is 1610 g/mol. The third-order valence-corrected chi connectivity index (χ3v) is 20.9. The van der Waals surface area contributed by atoms with Crippen molar-refractivity contribution in [1.29, 1.82) is 5.41 Å². The van der Waals surface area contributed by atoms with E-state index in [2.05, 4.69) is 79.1 Å². The van der Waals surface area contributed by atoms with Crippen molar-refractivity contribution in [2.45, 2.75) is 185 Å². The fourth-order valence-corrected chi connectivity index (χ4v) is 14.2. The molecule has 1 aliphatic rings. The van der Waals surface area contributed by atoms with Gasteiger partial charge in [-0.25, -0.2) is 0 Å². The second-order valence-electron chi connectivity index (χ2n) is 28.8. The lowest BCUT2D eigenvalue weighted by molar-refractivity contribution is -0.141. The molecule has 6 aromatic rings. The van der Waals surface area contributed by atoms with Crippen LogP contribution in [-0.4, -0.2) is 217 Å². The first kappa shape index (κ1) is 90.3. The molecule has 4 aromatic carbocycles. The van der Waals surface area contributed by atoms with E-state index >= 15 is 14.4 Å². The third kappa shape index (κ3) is 27.5. The minimum Gasteiger partial charge on any atom is -0.481 e. The van der Waals surface area contributed by atoms with Gasteiger partial charge in [-0.3, -0.25) is 76.7 Å². The number of aliphatic hydroxyl groups is 1. The number of primary amides is 1. The molecule has 1 fully saturated rings.